The zero-order valence-corrected chi connectivity index (χ0v) is 15.6. The minimum atomic E-state index is -0.505. The van der Waals surface area contributed by atoms with Crippen LogP contribution < -0.4 is 5.32 Å². The highest BCUT2D eigenvalue weighted by Gasteiger charge is 2.16. The van der Waals surface area contributed by atoms with Crippen LogP contribution in [0.15, 0.2) is 60.7 Å². The average Bonchev–Trinajstić information content (AvgIpc) is 2.64. The van der Waals surface area contributed by atoms with Gasteiger partial charge >= 0.3 is 0 Å². The minimum Gasteiger partial charge on any atom is -0.354 e. The van der Waals surface area contributed by atoms with Gasteiger partial charge in [0.1, 0.15) is 0 Å². The summed E-state index contributed by atoms with van der Waals surface area (Å²) in [5.74, 6) is -0.254. The van der Waals surface area contributed by atoms with Crippen LogP contribution in [-0.4, -0.2) is 10.7 Å². The van der Waals surface area contributed by atoms with E-state index in [2.05, 4.69) is 5.32 Å². The Hall–Kier alpha value is -3.18. The summed E-state index contributed by atoms with van der Waals surface area (Å²) in [5.41, 5.74) is 4.00. The summed E-state index contributed by atoms with van der Waals surface area (Å²) < 4.78 is 0. The molecule has 27 heavy (non-hydrogen) atoms. The Balaban J connectivity index is 1.84. The van der Waals surface area contributed by atoms with Crippen molar-refractivity contribution in [2.75, 3.05) is 5.32 Å². The largest absolute Gasteiger partial charge is 0.354 e. The first-order valence-electron chi connectivity index (χ1n) is 8.28. The van der Waals surface area contributed by atoms with E-state index in [1.165, 1.54) is 12.1 Å². The monoisotopic (exact) mass is 380 g/mol. The third-order valence-corrected chi connectivity index (χ3v) is 4.54. The molecular weight excluding hydrogens is 364 g/mol. The average molecular weight is 381 g/mol. The smallest absolute Gasteiger partial charge is 0.270 e. The zero-order valence-electron chi connectivity index (χ0n) is 14.8. The maximum absolute atomic E-state index is 12.7. The number of nitrogens with zero attached hydrogens (tertiary/aromatic N) is 1. The predicted octanol–water partition coefficient (Wildman–Crippen LogP) is 5.84. The van der Waals surface area contributed by atoms with Crippen molar-refractivity contribution in [2.45, 2.75) is 13.8 Å². The predicted molar refractivity (Wildman–Crippen MR) is 107 cm³/mol. The number of benzene rings is 3. The molecule has 0 aliphatic heterocycles. The third-order valence-electron chi connectivity index (χ3n) is 4.23. The van der Waals surface area contributed by atoms with E-state index >= 15 is 0 Å². The highest BCUT2D eigenvalue weighted by atomic mass is 35.5. The Labute approximate surface area is 161 Å². The number of hydrogen-bond donors (Lipinski definition) is 1. The molecule has 0 spiro atoms. The lowest BCUT2D eigenvalue weighted by atomic mass is 9.98. The van der Waals surface area contributed by atoms with Crippen molar-refractivity contribution >= 4 is 34.4 Å². The van der Waals surface area contributed by atoms with Gasteiger partial charge < -0.3 is 5.32 Å². The number of ketones is 1. The molecule has 3 rings (SSSR count). The molecule has 0 heterocycles. The van der Waals surface area contributed by atoms with E-state index in [1.54, 1.807) is 37.3 Å². The van der Waals surface area contributed by atoms with Crippen molar-refractivity contribution in [1.29, 1.82) is 0 Å². The Kier molecular flexibility index (Phi) is 5.23. The number of carbonyl (C=O) groups is 1. The highest BCUT2D eigenvalue weighted by Crippen LogP contribution is 2.27. The van der Waals surface area contributed by atoms with Crippen LogP contribution in [0.4, 0.5) is 17.1 Å². The fourth-order valence-corrected chi connectivity index (χ4v) is 2.99. The molecule has 0 bridgehead atoms. The van der Waals surface area contributed by atoms with Crippen molar-refractivity contribution in [2.24, 2.45) is 0 Å². The number of non-ortho nitro benzene ring substituents is 1. The molecule has 0 atom stereocenters. The van der Waals surface area contributed by atoms with Crippen LogP contribution in [-0.2, 0) is 0 Å². The quantitative estimate of drug-likeness (QED) is 0.343. The van der Waals surface area contributed by atoms with Gasteiger partial charge in [-0.05, 0) is 61.4 Å². The number of carbonyl (C=O) groups excluding carboxylic acids is 1. The molecule has 0 amide bonds. The SMILES string of the molecule is Cc1ccc(Nc2ccc(C(=O)c3cc([N+](=O)[O-])ccc3C)cc2)c(Cl)c1. The van der Waals surface area contributed by atoms with Gasteiger partial charge in [0.05, 0.1) is 15.6 Å². The number of nitro groups is 1. The number of halogens is 1. The first kappa shape index (κ1) is 18.6. The van der Waals surface area contributed by atoms with Crippen molar-refractivity contribution in [3.05, 3.63) is 98.1 Å². The van der Waals surface area contributed by atoms with Crippen LogP contribution in [0.1, 0.15) is 27.0 Å². The number of aryl methyl sites for hydroxylation is 2. The van der Waals surface area contributed by atoms with Crippen molar-refractivity contribution in [1.82, 2.24) is 0 Å². The molecular formula is C21H17ClN2O3. The molecule has 0 unspecified atom stereocenters. The molecule has 0 saturated carbocycles. The fourth-order valence-electron chi connectivity index (χ4n) is 2.71. The summed E-state index contributed by atoms with van der Waals surface area (Å²) >= 11 is 6.23. The van der Waals surface area contributed by atoms with Gasteiger partial charge in [0.15, 0.2) is 5.78 Å². The van der Waals surface area contributed by atoms with Gasteiger partial charge in [-0.1, -0.05) is 23.7 Å². The maximum Gasteiger partial charge on any atom is 0.270 e. The number of hydrogen-bond acceptors (Lipinski definition) is 4. The van der Waals surface area contributed by atoms with Gasteiger partial charge in [-0.2, -0.15) is 0 Å². The van der Waals surface area contributed by atoms with Gasteiger partial charge in [0.25, 0.3) is 5.69 Å². The second-order valence-electron chi connectivity index (χ2n) is 6.27. The molecule has 1 N–H and O–H groups in total. The topological polar surface area (TPSA) is 72.2 Å². The van der Waals surface area contributed by atoms with Gasteiger partial charge in [0, 0.05) is 28.9 Å². The Morgan fingerprint density at radius 2 is 1.70 bits per heavy atom. The molecule has 0 aliphatic rings. The fraction of sp³-hybridized carbons (Fsp3) is 0.0952. The number of rotatable bonds is 5. The maximum atomic E-state index is 12.7. The van der Waals surface area contributed by atoms with Crippen molar-refractivity contribution in [3.8, 4) is 0 Å². The lowest BCUT2D eigenvalue weighted by Gasteiger charge is -2.10. The number of anilines is 2. The molecule has 136 valence electrons. The number of nitrogens with one attached hydrogen (secondary N) is 1. The highest BCUT2D eigenvalue weighted by molar-refractivity contribution is 6.33. The van der Waals surface area contributed by atoms with Crippen molar-refractivity contribution in [3.63, 3.8) is 0 Å². The van der Waals surface area contributed by atoms with Crippen LogP contribution in [0.3, 0.4) is 0 Å². The summed E-state index contributed by atoms with van der Waals surface area (Å²) in [6, 6.07) is 16.9. The molecule has 0 aliphatic carbocycles. The summed E-state index contributed by atoms with van der Waals surface area (Å²) in [6.07, 6.45) is 0. The summed E-state index contributed by atoms with van der Waals surface area (Å²) in [6.45, 7) is 3.72. The molecule has 5 nitrogen and oxygen atoms in total. The van der Waals surface area contributed by atoms with Crippen LogP contribution in [0.25, 0.3) is 0 Å². The molecule has 0 radical (unpaired) electrons. The van der Waals surface area contributed by atoms with Gasteiger partial charge in [-0.25, -0.2) is 0 Å². The van der Waals surface area contributed by atoms with Crippen LogP contribution in [0.5, 0.6) is 0 Å². The van der Waals surface area contributed by atoms with Gasteiger partial charge in [-0.3, -0.25) is 14.9 Å². The van der Waals surface area contributed by atoms with E-state index in [0.29, 0.717) is 21.7 Å². The second-order valence-corrected chi connectivity index (χ2v) is 6.68. The summed E-state index contributed by atoms with van der Waals surface area (Å²) in [7, 11) is 0. The first-order valence-corrected chi connectivity index (χ1v) is 8.66. The second kappa shape index (κ2) is 7.60. The zero-order chi connectivity index (χ0) is 19.6. The van der Waals surface area contributed by atoms with Crippen molar-refractivity contribution < 1.29 is 9.72 Å². The lowest BCUT2D eigenvalue weighted by Crippen LogP contribution is -2.05. The summed E-state index contributed by atoms with van der Waals surface area (Å²) in [4.78, 5) is 23.2. The Morgan fingerprint density at radius 1 is 1.00 bits per heavy atom. The van der Waals surface area contributed by atoms with E-state index in [9.17, 15) is 14.9 Å². The molecule has 6 heteroatoms. The Bertz CT molecular complexity index is 1030. The summed E-state index contributed by atoms with van der Waals surface area (Å²) in [5, 5.41) is 14.8. The standard InChI is InChI=1S/C21H17ClN2O3/c1-13-3-10-20(19(22)11-13)23-16-7-5-15(6-8-16)21(25)18-12-17(24(26)27)9-4-14(18)2/h3-12,23H,1-2H3. The van der Waals surface area contributed by atoms with Crippen LogP contribution >= 0.6 is 11.6 Å². The van der Waals surface area contributed by atoms with E-state index in [0.717, 1.165) is 16.9 Å². The number of nitro benzene ring substituents is 1. The molecule has 0 aromatic heterocycles. The van der Waals surface area contributed by atoms with E-state index in [1.807, 2.05) is 25.1 Å². The lowest BCUT2D eigenvalue weighted by molar-refractivity contribution is -0.384. The molecule has 3 aromatic carbocycles. The normalized spacial score (nSPS) is 10.5. The van der Waals surface area contributed by atoms with E-state index in [4.69, 9.17) is 11.6 Å². The molecule has 3 aromatic rings. The van der Waals surface area contributed by atoms with E-state index in [-0.39, 0.29) is 11.5 Å². The van der Waals surface area contributed by atoms with Gasteiger partial charge in [0.2, 0.25) is 0 Å². The first-order chi connectivity index (χ1) is 12.8. The third kappa shape index (κ3) is 4.15. The van der Waals surface area contributed by atoms with Crippen LogP contribution in [0, 0.1) is 24.0 Å². The minimum absolute atomic E-state index is 0.101. The van der Waals surface area contributed by atoms with E-state index < -0.39 is 4.92 Å². The molecule has 0 saturated heterocycles. The molecule has 0 fully saturated rings. The van der Waals surface area contributed by atoms with Gasteiger partial charge in [-0.15, -0.1) is 0 Å². The van der Waals surface area contributed by atoms with Crippen LogP contribution in [0.2, 0.25) is 5.02 Å². The Morgan fingerprint density at radius 3 is 2.33 bits per heavy atom.